The summed E-state index contributed by atoms with van der Waals surface area (Å²) in [5.41, 5.74) is 3.61. The van der Waals surface area contributed by atoms with Crippen molar-refractivity contribution in [2.45, 2.75) is 43.6 Å². The number of rotatable bonds is 4. The van der Waals surface area contributed by atoms with Crippen molar-refractivity contribution in [2.75, 3.05) is 33.9 Å². The zero-order chi connectivity index (χ0) is 18.1. The van der Waals surface area contributed by atoms with Crippen LogP contribution in [0.2, 0.25) is 0 Å². The molecule has 5 heteroatoms. The van der Waals surface area contributed by atoms with E-state index in [4.69, 9.17) is 4.74 Å². The minimum atomic E-state index is -0.0646. The number of carbonyl (C=O) groups is 1. The number of aryl methyl sites for hydroxylation is 1. The van der Waals surface area contributed by atoms with Crippen molar-refractivity contribution in [1.29, 1.82) is 0 Å². The molecule has 0 radical (unpaired) electrons. The van der Waals surface area contributed by atoms with E-state index in [1.165, 1.54) is 10.9 Å². The first-order valence-electron chi connectivity index (χ1n) is 9.73. The van der Waals surface area contributed by atoms with Gasteiger partial charge in [0.2, 0.25) is 5.91 Å². The fourth-order valence-corrected chi connectivity index (χ4v) is 4.59. The Morgan fingerprint density at radius 2 is 2.08 bits per heavy atom. The van der Waals surface area contributed by atoms with E-state index in [9.17, 15) is 4.79 Å². The van der Waals surface area contributed by atoms with Gasteiger partial charge in [-0.25, -0.2) is 0 Å². The number of ether oxygens (including phenoxy) is 1. The number of amides is 1. The number of aromatic nitrogens is 1. The molecule has 0 bridgehead atoms. The van der Waals surface area contributed by atoms with Crippen LogP contribution in [0.1, 0.15) is 42.9 Å². The number of hydrogen-bond donors (Lipinski definition) is 2. The van der Waals surface area contributed by atoms with Gasteiger partial charge >= 0.3 is 0 Å². The van der Waals surface area contributed by atoms with Gasteiger partial charge in [-0.15, -0.1) is 0 Å². The molecular formula is C21H29N3O2. The summed E-state index contributed by atoms with van der Waals surface area (Å²) in [6, 6.07) is 8.39. The van der Waals surface area contributed by atoms with Crippen LogP contribution in [0.4, 0.5) is 0 Å². The Kier molecular flexibility index (Phi) is 4.76. The Balaban J connectivity index is 1.53. The van der Waals surface area contributed by atoms with Gasteiger partial charge in [0, 0.05) is 41.9 Å². The van der Waals surface area contributed by atoms with Crippen LogP contribution in [0, 0.1) is 0 Å². The smallest absolute Gasteiger partial charge is 0.229 e. The molecule has 2 heterocycles. The number of likely N-dealkylation sites (N-methyl/N-ethyl adjacent to an activating group) is 1. The summed E-state index contributed by atoms with van der Waals surface area (Å²) in [5, 5.41) is 4.55. The maximum Gasteiger partial charge on any atom is 0.229 e. The molecule has 4 rings (SSSR count). The Bertz CT molecular complexity index is 790. The molecule has 0 unspecified atom stereocenters. The topological polar surface area (TPSA) is 57.4 Å². The normalized spacial score (nSPS) is 22.3. The molecule has 1 atom stereocenters. The molecule has 1 aliphatic heterocycles. The fraction of sp³-hybridized carbons (Fsp3) is 0.571. The standard InChI is InChI=1S/C21H29N3O2/c1-24(2)21(10-12-26-13-11-21)14-22-20(25)17-8-5-7-16-15-6-3-4-9-18(15)23-19(16)17/h3-4,6,9,17,23H,5,7-8,10-14H2,1-2H3,(H,22,25)/t17-/m0/s1. The highest BCUT2D eigenvalue weighted by atomic mass is 16.5. The summed E-state index contributed by atoms with van der Waals surface area (Å²) in [5.74, 6) is 0.0930. The average Bonchev–Trinajstić information content (AvgIpc) is 3.05. The van der Waals surface area contributed by atoms with Crippen molar-refractivity contribution in [3.8, 4) is 0 Å². The first kappa shape index (κ1) is 17.6. The molecule has 0 spiro atoms. The van der Waals surface area contributed by atoms with Gasteiger partial charge in [0.1, 0.15) is 0 Å². The van der Waals surface area contributed by atoms with E-state index in [2.05, 4.69) is 47.5 Å². The molecule has 26 heavy (non-hydrogen) atoms. The highest BCUT2D eigenvalue weighted by Gasteiger charge is 2.36. The highest BCUT2D eigenvalue weighted by molar-refractivity contribution is 5.90. The molecule has 0 saturated carbocycles. The molecule has 2 aliphatic rings. The Hall–Kier alpha value is -1.85. The lowest BCUT2D eigenvalue weighted by atomic mass is 9.85. The molecule has 2 aromatic rings. The van der Waals surface area contributed by atoms with E-state index < -0.39 is 0 Å². The van der Waals surface area contributed by atoms with Gasteiger partial charge in [-0.1, -0.05) is 18.2 Å². The van der Waals surface area contributed by atoms with Crippen molar-refractivity contribution in [3.05, 3.63) is 35.5 Å². The first-order valence-corrected chi connectivity index (χ1v) is 9.73. The summed E-state index contributed by atoms with van der Waals surface area (Å²) in [4.78, 5) is 18.8. The summed E-state index contributed by atoms with van der Waals surface area (Å²) >= 11 is 0. The second-order valence-electron chi connectivity index (χ2n) is 7.96. The van der Waals surface area contributed by atoms with Crippen LogP contribution < -0.4 is 5.32 Å². The van der Waals surface area contributed by atoms with Crippen molar-refractivity contribution >= 4 is 16.8 Å². The maximum atomic E-state index is 13.1. The minimum absolute atomic E-state index is 0.00581. The maximum absolute atomic E-state index is 13.1. The summed E-state index contributed by atoms with van der Waals surface area (Å²) in [6.07, 6.45) is 4.97. The second-order valence-corrected chi connectivity index (χ2v) is 7.96. The Labute approximate surface area is 155 Å². The van der Waals surface area contributed by atoms with Crippen LogP contribution in [-0.4, -0.2) is 55.2 Å². The predicted molar refractivity (Wildman–Crippen MR) is 103 cm³/mol. The van der Waals surface area contributed by atoms with Gasteiger partial charge in [0.25, 0.3) is 0 Å². The second kappa shape index (κ2) is 7.05. The Morgan fingerprint density at radius 1 is 1.31 bits per heavy atom. The molecule has 140 valence electrons. The van der Waals surface area contributed by atoms with E-state index in [1.54, 1.807) is 0 Å². The van der Waals surface area contributed by atoms with E-state index in [-0.39, 0.29) is 17.4 Å². The van der Waals surface area contributed by atoms with Crippen molar-refractivity contribution in [2.24, 2.45) is 0 Å². The molecule has 5 nitrogen and oxygen atoms in total. The van der Waals surface area contributed by atoms with Gasteiger partial charge < -0.3 is 19.9 Å². The molecule has 1 aromatic carbocycles. The molecular weight excluding hydrogens is 326 g/mol. The third-order valence-electron chi connectivity index (χ3n) is 6.40. The SMILES string of the molecule is CN(C)C1(CNC(=O)[C@H]2CCCc3c2[nH]c2ccccc32)CCOCC1. The highest BCUT2D eigenvalue weighted by Crippen LogP contribution is 2.36. The fourth-order valence-electron chi connectivity index (χ4n) is 4.59. The van der Waals surface area contributed by atoms with Gasteiger partial charge in [-0.05, 0) is 57.8 Å². The largest absolute Gasteiger partial charge is 0.381 e. The van der Waals surface area contributed by atoms with Crippen LogP contribution in [0.3, 0.4) is 0 Å². The van der Waals surface area contributed by atoms with E-state index in [0.29, 0.717) is 6.54 Å². The number of benzene rings is 1. The van der Waals surface area contributed by atoms with E-state index in [0.717, 1.165) is 56.5 Å². The van der Waals surface area contributed by atoms with Gasteiger partial charge in [0.15, 0.2) is 0 Å². The number of hydrogen-bond acceptors (Lipinski definition) is 3. The van der Waals surface area contributed by atoms with Crippen molar-refractivity contribution in [1.82, 2.24) is 15.2 Å². The quantitative estimate of drug-likeness (QED) is 0.887. The number of H-pyrrole nitrogens is 1. The number of para-hydroxylation sites is 1. The van der Waals surface area contributed by atoms with Crippen LogP contribution >= 0.6 is 0 Å². The summed E-state index contributed by atoms with van der Waals surface area (Å²) < 4.78 is 5.53. The first-order chi connectivity index (χ1) is 12.6. The predicted octanol–water partition coefficient (Wildman–Crippen LogP) is 2.81. The van der Waals surface area contributed by atoms with Gasteiger partial charge in [0.05, 0.1) is 5.92 Å². The van der Waals surface area contributed by atoms with Crippen molar-refractivity contribution < 1.29 is 9.53 Å². The average molecular weight is 355 g/mol. The van der Waals surface area contributed by atoms with Gasteiger partial charge in [-0.2, -0.15) is 0 Å². The van der Waals surface area contributed by atoms with Crippen LogP contribution in [0.15, 0.2) is 24.3 Å². The Morgan fingerprint density at radius 3 is 2.85 bits per heavy atom. The molecule has 1 aromatic heterocycles. The molecule has 2 N–H and O–H groups in total. The zero-order valence-electron chi connectivity index (χ0n) is 15.8. The van der Waals surface area contributed by atoms with E-state index >= 15 is 0 Å². The summed E-state index contributed by atoms with van der Waals surface area (Å²) in [6.45, 7) is 2.22. The van der Waals surface area contributed by atoms with Crippen molar-refractivity contribution in [3.63, 3.8) is 0 Å². The molecule has 1 aliphatic carbocycles. The van der Waals surface area contributed by atoms with Crippen LogP contribution in [0.5, 0.6) is 0 Å². The number of fused-ring (bicyclic) bond motifs is 3. The summed E-state index contributed by atoms with van der Waals surface area (Å²) in [7, 11) is 4.21. The van der Waals surface area contributed by atoms with Gasteiger partial charge in [-0.3, -0.25) is 4.79 Å². The molecule has 1 amide bonds. The number of carbonyl (C=O) groups excluding carboxylic acids is 1. The monoisotopic (exact) mass is 355 g/mol. The third kappa shape index (κ3) is 3.03. The van der Waals surface area contributed by atoms with E-state index in [1.807, 2.05) is 6.07 Å². The lowest BCUT2D eigenvalue weighted by Gasteiger charge is -2.43. The van der Waals surface area contributed by atoms with Crippen LogP contribution in [0.25, 0.3) is 10.9 Å². The zero-order valence-corrected chi connectivity index (χ0v) is 15.8. The lowest BCUT2D eigenvalue weighted by molar-refractivity contribution is -0.124. The minimum Gasteiger partial charge on any atom is -0.381 e. The lowest BCUT2D eigenvalue weighted by Crippen LogP contribution is -2.56. The third-order valence-corrected chi connectivity index (χ3v) is 6.40. The number of nitrogens with one attached hydrogen (secondary N) is 2. The number of aromatic amines is 1. The number of nitrogens with zero attached hydrogens (tertiary/aromatic N) is 1. The molecule has 1 fully saturated rings. The van der Waals surface area contributed by atoms with Crippen LogP contribution in [-0.2, 0) is 16.0 Å². The molecule has 1 saturated heterocycles.